The minimum atomic E-state index is -0.451. The molecule has 0 aromatic rings. The van der Waals surface area contributed by atoms with Crippen LogP contribution in [0.3, 0.4) is 0 Å². The molecule has 2 saturated heterocycles. The maximum absolute atomic E-state index is 12.0. The van der Waals surface area contributed by atoms with Gasteiger partial charge in [-0.2, -0.15) is 0 Å². The minimum Gasteiger partial charge on any atom is -0.444 e. The Morgan fingerprint density at radius 3 is 2.43 bits per heavy atom. The molecular weight excluding hydrogens is 296 g/mol. The number of carbonyl (C=O) groups excluding carboxylic acids is 2. The average molecular weight is 326 g/mol. The molecule has 1 atom stereocenters. The third-order valence-electron chi connectivity index (χ3n) is 4.63. The highest BCUT2D eigenvalue weighted by Gasteiger charge is 2.30. The van der Waals surface area contributed by atoms with Crippen LogP contribution in [-0.2, 0) is 9.53 Å². The standard InChI is InChI=1S/C17H30N2O4/c1-17(2,3)23-16(22)18-7-4-13(5-8-18)6-9-19-11-14(12-20)10-15(19)21/h13-14,20H,4-12H2,1-3H3. The van der Waals surface area contributed by atoms with E-state index in [2.05, 4.69) is 0 Å². The Morgan fingerprint density at radius 1 is 1.26 bits per heavy atom. The van der Waals surface area contributed by atoms with Gasteiger partial charge >= 0.3 is 6.09 Å². The lowest BCUT2D eigenvalue weighted by Gasteiger charge is -2.34. The molecule has 2 heterocycles. The van der Waals surface area contributed by atoms with Crippen LogP contribution in [0.4, 0.5) is 4.79 Å². The zero-order chi connectivity index (χ0) is 17.0. The molecule has 23 heavy (non-hydrogen) atoms. The fourth-order valence-electron chi connectivity index (χ4n) is 3.26. The molecular formula is C17H30N2O4. The smallest absolute Gasteiger partial charge is 0.410 e. The number of likely N-dealkylation sites (tertiary alicyclic amines) is 2. The molecule has 2 aliphatic heterocycles. The summed E-state index contributed by atoms with van der Waals surface area (Å²) in [6.45, 7) is 8.65. The van der Waals surface area contributed by atoms with Crippen molar-refractivity contribution in [2.45, 2.75) is 52.1 Å². The molecule has 0 aromatic heterocycles. The quantitative estimate of drug-likeness (QED) is 0.856. The molecule has 1 N–H and O–H groups in total. The average Bonchev–Trinajstić information content (AvgIpc) is 2.84. The summed E-state index contributed by atoms with van der Waals surface area (Å²) in [6.07, 6.45) is 3.16. The van der Waals surface area contributed by atoms with Gasteiger partial charge in [0.1, 0.15) is 5.60 Å². The van der Waals surface area contributed by atoms with Gasteiger partial charge in [0.15, 0.2) is 0 Å². The van der Waals surface area contributed by atoms with Gasteiger partial charge in [-0.3, -0.25) is 4.79 Å². The van der Waals surface area contributed by atoms with Gasteiger partial charge in [-0.15, -0.1) is 0 Å². The van der Waals surface area contributed by atoms with Gasteiger partial charge in [-0.05, 0) is 46.0 Å². The van der Waals surface area contributed by atoms with Crippen molar-refractivity contribution in [3.63, 3.8) is 0 Å². The van der Waals surface area contributed by atoms with Crippen LogP contribution in [0, 0.1) is 11.8 Å². The summed E-state index contributed by atoms with van der Waals surface area (Å²) >= 11 is 0. The van der Waals surface area contributed by atoms with Crippen LogP contribution in [0.1, 0.15) is 46.5 Å². The van der Waals surface area contributed by atoms with E-state index in [1.54, 1.807) is 4.90 Å². The van der Waals surface area contributed by atoms with E-state index in [1.165, 1.54) is 0 Å². The van der Waals surface area contributed by atoms with Crippen LogP contribution in [0.25, 0.3) is 0 Å². The topological polar surface area (TPSA) is 70.1 Å². The van der Waals surface area contributed by atoms with E-state index in [0.717, 1.165) is 38.9 Å². The van der Waals surface area contributed by atoms with Crippen molar-refractivity contribution in [1.29, 1.82) is 0 Å². The molecule has 6 heteroatoms. The van der Waals surface area contributed by atoms with E-state index >= 15 is 0 Å². The van der Waals surface area contributed by atoms with Crippen LogP contribution in [-0.4, -0.2) is 65.3 Å². The van der Waals surface area contributed by atoms with Crippen LogP contribution >= 0.6 is 0 Å². The predicted molar refractivity (Wildman–Crippen MR) is 86.9 cm³/mol. The van der Waals surface area contributed by atoms with Crippen molar-refractivity contribution >= 4 is 12.0 Å². The lowest BCUT2D eigenvalue weighted by molar-refractivity contribution is -0.127. The Bertz CT molecular complexity index is 425. The summed E-state index contributed by atoms with van der Waals surface area (Å²) in [7, 11) is 0. The SMILES string of the molecule is CC(C)(C)OC(=O)N1CCC(CCN2CC(CO)CC2=O)CC1. The number of rotatable bonds is 4. The maximum atomic E-state index is 12.0. The van der Waals surface area contributed by atoms with Crippen LogP contribution in [0.15, 0.2) is 0 Å². The third-order valence-corrected chi connectivity index (χ3v) is 4.63. The molecule has 0 radical (unpaired) electrons. The lowest BCUT2D eigenvalue weighted by atomic mass is 9.93. The molecule has 1 unspecified atom stereocenters. The Labute approximate surface area is 138 Å². The molecule has 132 valence electrons. The number of hydrogen-bond donors (Lipinski definition) is 1. The largest absolute Gasteiger partial charge is 0.444 e. The van der Waals surface area contributed by atoms with Crippen molar-refractivity contribution in [1.82, 2.24) is 9.80 Å². The predicted octanol–water partition coefficient (Wildman–Crippen LogP) is 1.86. The second-order valence-corrected chi connectivity index (χ2v) is 7.79. The van der Waals surface area contributed by atoms with Crippen LogP contribution in [0.5, 0.6) is 0 Å². The van der Waals surface area contributed by atoms with Crippen molar-refractivity contribution in [2.75, 3.05) is 32.8 Å². The lowest BCUT2D eigenvalue weighted by Crippen LogP contribution is -2.42. The highest BCUT2D eigenvalue weighted by atomic mass is 16.6. The first-order valence-electron chi connectivity index (χ1n) is 8.65. The maximum Gasteiger partial charge on any atom is 0.410 e. The van der Waals surface area contributed by atoms with Crippen molar-refractivity contribution in [3.8, 4) is 0 Å². The van der Waals surface area contributed by atoms with Crippen molar-refractivity contribution in [2.24, 2.45) is 11.8 Å². The van der Waals surface area contributed by atoms with Crippen LogP contribution < -0.4 is 0 Å². The number of hydrogen-bond acceptors (Lipinski definition) is 4. The summed E-state index contributed by atoms with van der Waals surface area (Å²) < 4.78 is 5.40. The number of piperidine rings is 1. The number of aliphatic hydroxyl groups is 1. The number of amides is 2. The second kappa shape index (κ2) is 7.51. The van der Waals surface area contributed by atoms with Gasteiger partial charge in [0, 0.05) is 45.1 Å². The molecule has 2 aliphatic rings. The van der Waals surface area contributed by atoms with Gasteiger partial charge in [-0.1, -0.05) is 0 Å². The zero-order valence-electron chi connectivity index (χ0n) is 14.6. The van der Waals surface area contributed by atoms with Crippen LogP contribution in [0.2, 0.25) is 0 Å². The molecule has 2 rings (SSSR count). The summed E-state index contributed by atoms with van der Waals surface area (Å²) in [5, 5.41) is 9.15. The fraction of sp³-hybridized carbons (Fsp3) is 0.882. The van der Waals surface area contributed by atoms with Gasteiger partial charge < -0.3 is 19.6 Å². The molecule has 0 aromatic carbocycles. The van der Waals surface area contributed by atoms with Gasteiger partial charge in [0.25, 0.3) is 0 Å². The molecule has 2 fully saturated rings. The monoisotopic (exact) mass is 326 g/mol. The first kappa shape index (κ1) is 18.0. The van der Waals surface area contributed by atoms with E-state index in [4.69, 9.17) is 9.84 Å². The summed E-state index contributed by atoms with van der Waals surface area (Å²) in [5.74, 6) is 0.821. The van der Waals surface area contributed by atoms with E-state index in [-0.39, 0.29) is 24.5 Å². The van der Waals surface area contributed by atoms with E-state index < -0.39 is 5.60 Å². The fourth-order valence-corrected chi connectivity index (χ4v) is 3.26. The highest BCUT2D eigenvalue weighted by molar-refractivity contribution is 5.78. The number of carbonyl (C=O) groups is 2. The molecule has 0 bridgehead atoms. The summed E-state index contributed by atoms with van der Waals surface area (Å²) in [4.78, 5) is 27.5. The van der Waals surface area contributed by atoms with Crippen molar-refractivity contribution in [3.05, 3.63) is 0 Å². The highest BCUT2D eigenvalue weighted by Crippen LogP contribution is 2.24. The number of ether oxygens (including phenoxy) is 1. The van der Waals surface area contributed by atoms with E-state index in [0.29, 0.717) is 18.9 Å². The summed E-state index contributed by atoms with van der Waals surface area (Å²) in [6, 6.07) is 0. The van der Waals surface area contributed by atoms with Crippen molar-refractivity contribution < 1.29 is 19.4 Å². The number of aliphatic hydroxyl groups excluding tert-OH is 1. The van der Waals surface area contributed by atoms with E-state index in [9.17, 15) is 9.59 Å². The molecule has 0 spiro atoms. The van der Waals surface area contributed by atoms with E-state index in [1.807, 2.05) is 25.7 Å². The molecule has 6 nitrogen and oxygen atoms in total. The number of nitrogens with zero attached hydrogens (tertiary/aromatic N) is 2. The Morgan fingerprint density at radius 2 is 1.91 bits per heavy atom. The van der Waals surface area contributed by atoms with Gasteiger partial charge in [0.05, 0.1) is 0 Å². The molecule has 2 amide bonds. The third kappa shape index (κ3) is 5.37. The first-order chi connectivity index (χ1) is 10.8. The molecule has 0 aliphatic carbocycles. The van der Waals surface area contributed by atoms with Gasteiger partial charge in [-0.25, -0.2) is 4.79 Å². The Balaban J connectivity index is 1.69. The molecule has 0 saturated carbocycles. The van der Waals surface area contributed by atoms with Gasteiger partial charge in [0.2, 0.25) is 5.91 Å². The first-order valence-corrected chi connectivity index (χ1v) is 8.65. The Kier molecular flexibility index (Phi) is 5.89. The normalized spacial score (nSPS) is 23.5. The Hall–Kier alpha value is -1.30. The second-order valence-electron chi connectivity index (χ2n) is 7.79. The minimum absolute atomic E-state index is 0.0938. The zero-order valence-corrected chi connectivity index (χ0v) is 14.6. The summed E-state index contributed by atoms with van der Waals surface area (Å²) in [5.41, 5.74) is -0.451.